The predicted octanol–water partition coefficient (Wildman–Crippen LogP) is 2.91. The van der Waals surface area contributed by atoms with Gasteiger partial charge in [-0.3, -0.25) is 0 Å². The molecule has 6 heteroatoms. The van der Waals surface area contributed by atoms with Gasteiger partial charge in [0.1, 0.15) is 0 Å². The molecule has 0 amide bonds. The Bertz CT molecular complexity index is 530. The zero-order valence-corrected chi connectivity index (χ0v) is 11.6. The van der Waals surface area contributed by atoms with Crippen LogP contribution in [0.15, 0.2) is 28.8 Å². The lowest BCUT2D eigenvalue weighted by atomic mass is 10.3. The fourth-order valence-electron chi connectivity index (χ4n) is 1.56. The first-order chi connectivity index (χ1) is 9.17. The van der Waals surface area contributed by atoms with E-state index in [1.165, 1.54) is 0 Å². The average molecular weight is 282 g/mol. The maximum absolute atomic E-state index is 5.90. The van der Waals surface area contributed by atoms with Crippen LogP contribution in [0.25, 0.3) is 0 Å². The van der Waals surface area contributed by atoms with Gasteiger partial charge in [0.25, 0.3) is 0 Å². The lowest BCUT2D eigenvalue weighted by Crippen LogP contribution is -2.09. The summed E-state index contributed by atoms with van der Waals surface area (Å²) in [5, 5.41) is 7.76. The largest absolute Gasteiger partial charge is 0.381 e. The molecule has 5 nitrogen and oxygen atoms in total. The monoisotopic (exact) mass is 281 g/mol. The van der Waals surface area contributed by atoms with Crippen LogP contribution in [0.1, 0.15) is 18.6 Å². The minimum Gasteiger partial charge on any atom is -0.381 e. The number of hydrogen-bond acceptors (Lipinski definition) is 5. The Morgan fingerprint density at radius 2 is 2.32 bits per heavy atom. The van der Waals surface area contributed by atoms with Gasteiger partial charge in [-0.25, -0.2) is 0 Å². The number of hydrogen-bond donors (Lipinski definition) is 1. The smallest absolute Gasteiger partial charge is 0.245 e. The average Bonchev–Trinajstić information content (AvgIpc) is 2.84. The van der Waals surface area contributed by atoms with Crippen molar-refractivity contribution in [2.45, 2.75) is 26.0 Å². The topological polar surface area (TPSA) is 60.2 Å². The number of methoxy groups -OCH3 is 1. The Labute approximate surface area is 116 Å². The molecule has 0 aliphatic carbocycles. The summed E-state index contributed by atoms with van der Waals surface area (Å²) in [6, 6.07) is 7.47. The normalized spacial score (nSPS) is 12.4. The van der Waals surface area contributed by atoms with Gasteiger partial charge in [0, 0.05) is 24.2 Å². The molecule has 1 aromatic carbocycles. The van der Waals surface area contributed by atoms with E-state index < -0.39 is 0 Å². The molecule has 0 spiro atoms. The number of nitrogens with one attached hydrogen (secondary N) is 1. The fraction of sp³-hybridized carbons (Fsp3) is 0.385. The first-order valence-electron chi connectivity index (χ1n) is 6.01. The third-order valence-electron chi connectivity index (χ3n) is 2.65. The van der Waals surface area contributed by atoms with Crippen LogP contribution in [0.4, 0.5) is 5.69 Å². The van der Waals surface area contributed by atoms with Crippen LogP contribution in [0.5, 0.6) is 0 Å². The number of ether oxygens (including phenoxy) is 1. The highest BCUT2D eigenvalue weighted by Crippen LogP contribution is 2.15. The van der Waals surface area contributed by atoms with Gasteiger partial charge in [-0.2, -0.15) is 4.98 Å². The van der Waals surface area contributed by atoms with E-state index in [1.807, 2.05) is 31.2 Å². The molecule has 1 atom stereocenters. The van der Waals surface area contributed by atoms with Crippen LogP contribution in [-0.2, 0) is 17.7 Å². The molecule has 0 aliphatic heterocycles. The van der Waals surface area contributed by atoms with E-state index in [1.54, 1.807) is 7.11 Å². The molecule has 2 rings (SSSR count). The van der Waals surface area contributed by atoms with Crippen molar-refractivity contribution in [2.24, 2.45) is 0 Å². The number of nitrogens with zero attached hydrogens (tertiary/aromatic N) is 2. The predicted molar refractivity (Wildman–Crippen MR) is 73.3 cm³/mol. The first kappa shape index (κ1) is 13.8. The molecule has 102 valence electrons. The summed E-state index contributed by atoms with van der Waals surface area (Å²) in [4.78, 5) is 4.28. The van der Waals surface area contributed by atoms with Gasteiger partial charge >= 0.3 is 0 Å². The van der Waals surface area contributed by atoms with Crippen LogP contribution in [0.3, 0.4) is 0 Å². The van der Waals surface area contributed by atoms with Gasteiger partial charge in [0.2, 0.25) is 5.89 Å². The number of rotatable bonds is 6. The molecule has 2 aromatic rings. The van der Waals surface area contributed by atoms with Gasteiger partial charge in [-0.15, -0.1) is 0 Å². The Morgan fingerprint density at radius 3 is 3.05 bits per heavy atom. The van der Waals surface area contributed by atoms with Gasteiger partial charge in [-0.1, -0.05) is 22.8 Å². The lowest BCUT2D eigenvalue weighted by molar-refractivity contribution is 0.116. The minimum absolute atomic E-state index is 0.0753. The molecule has 0 saturated carbocycles. The zero-order valence-electron chi connectivity index (χ0n) is 10.9. The Kier molecular flexibility index (Phi) is 4.76. The van der Waals surface area contributed by atoms with E-state index in [-0.39, 0.29) is 6.10 Å². The van der Waals surface area contributed by atoms with Gasteiger partial charge in [-0.05, 0) is 25.1 Å². The third kappa shape index (κ3) is 4.22. The summed E-state index contributed by atoms with van der Waals surface area (Å²) in [7, 11) is 1.66. The van der Waals surface area contributed by atoms with Gasteiger partial charge < -0.3 is 14.6 Å². The van der Waals surface area contributed by atoms with Gasteiger partial charge in [0.15, 0.2) is 5.82 Å². The van der Waals surface area contributed by atoms with E-state index in [0.717, 1.165) is 5.69 Å². The highest BCUT2D eigenvalue weighted by atomic mass is 35.5. The van der Waals surface area contributed by atoms with E-state index in [9.17, 15) is 0 Å². The molecule has 0 aliphatic rings. The van der Waals surface area contributed by atoms with Crippen LogP contribution >= 0.6 is 11.6 Å². The van der Waals surface area contributed by atoms with Crippen LogP contribution in [0, 0.1) is 0 Å². The second-order valence-corrected chi connectivity index (χ2v) is 4.66. The molecule has 1 N–H and O–H groups in total. The highest BCUT2D eigenvalue weighted by molar-refractivity contribution is 6.30. The Morgan fingerprint density at radius 1 is 1.47 bits per heavy atom. The SMILES string of the molecule is COC(C)Cc1noc(CNc2cccc(Cl)c2)n1. The lowest BCUT2D eigenvalue weighted by Gasteiger charge is -2.04. The Hall–Kier alpha value is -1.59. The second kappa shape index (κ2) is 6.54. The van der Waals surface area contributed by atoms with E-state index in [2.05, 4.69) is 15.5 Å². The maximum Gasteiger partial charge on any atom is 0.245 e. The summed E-state index contributed by atoms with van der Waals surface area (Å²) in [5.41, 5.74) is 0.914. The quantitative estimate of drug-likeness (QED) is 0.882. The molecule has 0 fully saturated rings. The maximum atomic E-state index is 5.90. The molecule has 0 saturated heterocycles. The molecule has 1 unspecified atom stereocenters. The van der Waals surface area contributed by atoms with Crippen molar-refractivity contribution in [3.8, 4) is 0 Å². The number of halogens is 1. The zero-order chi connectivity index (χ0) is 13.7. The number of anilines is 1. The van der Waals surface area contributed by atoms with Crippen molar-refractivity contribution in [2.75, 3.05) is 12.4 Å². The van der Waals surface area contributed by atoms with Crippen molar-refractivity contribution < 1.29 is 9.26 Å². The number of benzene rings is 1. The molecule has 19 heavy (non-hydrogen) atoms. The van der Waals surface area contributed by atoms with E-state index in [4.69, 9.17) is 20.9 Å². The van der Waals surface area contributed by atoms with Crippen LogP contribution < -0.4 is 5.32 Å². The molecule has 0 radical (unpaired) electrons. The van der Waals surface area contributed by atoms with E-state index in [0.29, 0.717) is 29.7 Å². The third-order valence-corrected chi connectivity index (χ3v) is 2.89. The standard InChI is InChI=1S/C13H16ClN3O2/c1-9(18-2)6-12-16-13(19-17-12)8-15-11-5-3-4-10(14)7-11/h3-5,7,9,15H,6,8H2,1-2H3. The summed E-state index contributed by atoms with van der Waals surface area (Å²) in [6.45, 7) is 2.43. The van der Waals surface area contributed by atoms with Crippen molar-refractivity contribution >= 4 is 17.3 Å². The Balaban J connectivity index is 1.90. The summed E-state index contributed by atoms with van der Waals surface area (Å²) >= 11 is 5.90. The minimum atomic E-state index is 0.0753. The van der Waals surface area contributed by atoms with Gasteiger partial charge in [0.05, 0.1) is 12.6 Å². The van der Waals surface area contributed by atoms with Crippen molar-refractivity contribution in [1.29, 1.82) is 0 Å². The van der Waals surface area contributed by atoms with Crippen molar-refractivity contribution in [3.05, 3.63) is 41.0 Å². The van der Waals surface area contributed by atoms with Crippen molar-refractivity contribution in [3.63, 3.8) is 0 Å². The van der Waals surface area contributed by atoms with Crippen molar-refractivity contribution in [1.82, 2.24) is 10.1 Å². The molecule has 0 bridgehead atoms. The molecular formula is C13H16ClN3O2. The summed E-state index contributed by atoms with van der Waals surface area (Å²) in [5.74, 6) is 1.19. The van der Waals surface area contributed by atoms with Crippen LogP contribution in [0.2, 0.25) is 5.02 Å². The molecular weight excluding hydrogens is 266 g/mol. The first-order valence-corrected chi connectivity index (χ1v) is 6.39. The number of aromatic nitrogens is 2. The molecule has 1 heterocycles. The highest BCUT2D eigenvalue weighted by Gasteiger charge is 2.09. The summed E-state index contributed by atoms with van der Waals surface area (Å²) in [6.07, 6.45) is 0.711. The second-order valence-electron chi connectivity index (χ2n) is 4.22. The van der Waals surface area contributed by atoms with Crippen LogP contribution in [-0.4, -0.2) is 23.4 Å². The summed E-state index contributed by atoms with van der Waals surface area (Å²) < 4.78 is 10.3. The fourth-order valence-corrected chi connectivity index (χ4v) is 1.75. The van der Waals surface area contributed by atoms with E-state index >= 15 is 0 Å². The molecule has 1 aromatic heterocycles.